The van der Waals surface area contributed by atoms with Crippen LogP contribution in [0.4, 0.5) is 5.82 Å². The third kappa shape index (κ3) is 2.36. The Morgan fingerprint density at radius 2 is 2.21 bits per heavy atom. The number of amidine groups is 1. The zero-order valence-corrected chi connectivity index (χ0v) is 11.7. The number of aromatic nitrogens is 2. The lowest BCUT2D eigenvalue weighted by Gasteiger charge is -2.24. The van der Waals surface area contributed by atoms with Crippen molar-refractivity contribution >= 4 is 22.7 Å². The lowest BCUT2D eigenvalue weighted by molar-refractivity contribution is 0.300. The molecule has 0 unspecified atom stereocenters. The highest BCUT2D eigenvalue weighted by atomic mass is 32.2. The molecule has 0 fully saturated rings. The fourth-order valence-electron chi connectivity index (χ4n) is 2.09. The van der Waals surface area contributed by atoms with Gasteiger partial charge in [0.25, 0.3) is 0 Å². The highest BCUT2D eigenvalue weighted by Crippen LogP contribution is 2.41. The Hall–Kier alpha value is -1.44. The largest absolute Gasteiger partial charge is 0.412 e. The Kier molecular flexibility index (Phi) is 3.88. The first-order chi connectivity index (χ1) is 8.69. The van der Waals surface area contributed by atoms with Crippen LogP contribution >= 0.6 is 11.8 Å². The second-order valence-corrected chi connectivity index (χ2v) is 5.39. The summed E-state index contributed by atoms with van der Waals surface area (Å²) in [4.78, 5) is 16.5. The van der Waals surface area contributed by atoms with E-state index in [-0.39, 0.29) is 12.1 Å². The molecule has 102 valence electrons. The van der Waals surface area contributed by atoms with Gasteiger partial charge < -0.3 is 15.5 Å². The quantitative estimate of drug-likeness (QED) is 0.876. The minimum Gasteiger partial charge on any atom is -0.412 e. The van der Waals surface area contributed by atoms with E-state index in [1.165, 1.54) is 10.6 Å². The van der Waals surface area contributed by atoms with Gasteiger partial charge in [0.2, 0.25) is 0 Å². The minimum atomic E-state index is 0. The topological polar surface area (TPSA) is 93.1 Å². The highest BCUT2D eigenvalue weighted by molar-refractivity contribution is 8.17. The standard InChI is InChI=1S/C12H14N4OS.H2O/c1-7-10(3-4-17)18-12-15-11-9(6-16(7)12)5-13-8(2)14-11;/h5,17H,3-4,6H2,1-2H3;1H2. The van der Waals surface area contributed by atoms with E-state index in [1.54, 1.807) is 11.8 Å². The van der Waals surface area contributed by atoms with Crippen LogP contribution in [0.2, 0.25) is 0 Å². The van der Waals surface area contributed by atoms with Crippen LogP contribution in [0.3, 0.4) is 0 Å². The molecular formula is C12H16N4O2S. The summed E-state index contributed by atoms with van der Waals surface area (Å²) in [6.45, 7) is 4.88. The number of allylic oxidation sites excluding steroid dienone is 1. The van der Waals surface area contributed by atoms with Gasteiger partial charge in [0, 0.05) is 35.4 Å². The first kappa shape index (κ1) is 14.0. The van der Waals surface area contributed by atoms with Gasteiger partial charge in [0.1, 0.15) is 5.82 Å². The van der Waals surface area contributed by atoms with E-state index in [0.717, 1.165) is 28.9 Å². The number of aliphatic hydroxyl groups excluding tert-OH is 1. The average molecular weight is 280 g/mol. The Bertz CT molecular complexity index is 571. The van der Waals surface area contributed by atoms with Crippen LogP contribution in [0.5, 0.6) is 0 Å². The molecule has 1 aromatic rings. The molecule has 3 N–H and O–H groups in total. The van der Waals surface area contributed by atoms with Crippen LogP contribution in [0.25, 0.3) is 0 Å². The molecule has 0 amide bonds. The van der Waals surface area contributed by atoms with Crippen molar-refractivity contribution in [3.63, 3.8) is 0 Å². The second kappa shape index (κ2) is 5.28. The molecule has 2 aliphatic rings. The lowest BCUT2D eigenvalue weighted by atomic mass is 10.2. The second-order valence-electron chi connectivity index (χ2n) is 4.33. The van der Waals surface area contributed by atoms with Crippen LogP contribution in [0.15, 0.2) is 21.8 Å². The molecule has 0 atom stereocenters. The molecule has 0 spiro atoms. The van der Waals surface area contributed by atoms with E-state index in [4.69, 9.17) is 5.11 Å². The molecule has 2 aliphatic heterocycles. The number of fused-ring (bicyclic) bond motifs is 2. The predicted molar refractivity (Wildman–Crippen MR) is 75.0 cm³/mol. The van der Waals surface area contributed by atoms with Gasteiger partial charge in [-0.1, -0.05) is 11.8 Å². The maximum absolute atomic E-state index is 9.06. The van der Waals surface area contributed by atoms with E-state index in [9.17, 15) is 0 Å². The molecule has 0 bridgehead atoms. The maximum atomic E-state index is 9.06. The zero-order valence-electron chi connectivity index (χ0n) is 10.8. The number of rotatable bonds is 2. The molecule has 0 aliphatic carbocycles. The molecule has 0 saturated heterocycles. The zero-order chi connectivity index (χ0) is 12.7. The van der Waals surface area contributed by atoms with E-state index in [0.29, 0.717) is 6.42 Å². The SMILES string of the molecule is CC1=C(CCO)SC2=Nc3nc(C)ncc3CN21.O. The molecule has 0 aromatic carbocycles. The van der Waals surface area contributed by atoms with Crippen LogP contribution in [-0.2, 0) is 6.54 Å². The van der Waals surface area contributed by atoms with Gasteiger partial charge in [-0.05, 0) is 13.8 Å². The fraction of sp³-hybridized carbons (Fsp3) is 0.417. The van der Waals surface area contributed by atoms with Crippen LogP contribution in [-0.4, -0.2) is 37.2 Å². The third-order valence-electron chi connectivity index (χ3n) is 3.08. The highest BCUT2D eigenvalue weighted by Gasteiger charge is 2.30. The molecule has 6 nitrogen and oxygen atoms in total. The predicted octanol–water partition coefficient (Wildman–Crippen LogP) is 1.12. The number of aryl methyl sites for hydroxylation is 1. The number of hydrogen-bond donors (Lipinski definition) is 1. The van der Waals surface area contributed by atoms with Crippen molar-refractivity contribution in [3.05, 3.63) is 28.2 Å². The number of hydrogen-bond acceptors (Lipinski definition) is 6. The summed E-state index contributed by atoms with van der Waals surface area (Å²) in [6, 6.07) is 0. The average Bonchev–Trinajstić information content (AvgIpc) is 2.64. The van der Waals surface area contributed by atoms with Gasteiger partial charge in [-0.15, -0.1) is 0 Å². The first-order valence-electron chi connectivity index (χ1n) is 5.86. The van der Waals surface area contributed by atoms with Gasteiger partial charge >= 0.3 is 0 Å². The molecule has 0 radical (unpaired) electrons. The van der Waals surface area contributed by atoms with Crippen LogP contribution < -0.4 is 0 Å². The molecule has 0 saturated carbocycles. The Balaban J connectivity index is 0.00000133. The first-order valence-corrected chi connectivity index (χ1v) is 6.68. The Labute approximate surface area is 115 Å². The Morgan fingerprint density at radius 3 is 2.95 bits per heavy atom. The van der Waals surface area contributed by atoms with Crippen molar-refractivity contribution in [1.82, 2.24) is 14.9 Å². The third-order valence-corrected chi connectivity index (χ3v) is 4.32. The molecule has 3 rings (SSSR count). The molecule has 7 heteroatoms. The van der Waals surface area contributed by atoms with Gasteiger partial charge in [-0.2, -0.15) is 0 Å². The summed E-state index contributed by atoms with van der Waals surface area (Å²) in [7, 11) is 0. The van der Waals surface area contributed by atoms with Crippen LogP contribution in [0.1, 0.15) is 24.7 Å². The summed E-state index contributed by atoms with van der Waals surface area (Å²) in [5.74, 6) is 1.52. The van der Waals surface area contributed by atoms with E-state index < -0.39 is 0 Å². The fourth-order valence-corrected chi connectivity index (χ4v) is 3.20. The van der Waals surface area contributed by atoms with Crippen molar-refractivity contribution in [1.29, 1.82) is 0 Å². The van der Waals surface area contributed by atoms with Crippen molar-refractivity contribution in [2.45, 2.75) is 26.8 Å². The normalized spacial score (nSPS) is 16.8. The van der Waals surface area contributed by atoms with Gasteiger partial charge in [0.05, 0.1) is 6.54 Å². The summed E-state index contributed by atoms with van der Waals surface area (Å²) >= 11 is 1.63. The maximum Gasteiger partial charge on any atom is 0.175 e. The van der Waals surface area contributed by atoms with E-state index in [1.807, 2.05) is 13.1 Å². The number of aliphatic hydroxyl groups is 1. The summed E-state index contributed by atoms with van der Waals surface area (Å²) < 4.78 is 0. The minimum absolute atomic E-state index is 0. The summed E-state index contributed by atoms with van der Waals surface area (Å²) in [6.07, 6.45) is 2.53. The van der Waals surface area contributed by atoms with Gasteiger partial charge in [-0.25, -0.2) is 15.0 Å². The van der Waals surface area contributed by atoms with Crippen molar-refractivity contribution in [3.8, 4) is 0 Å². The van der Waals surface area contributed by atoms with E-state index >= 15 is 0 Å². The number of nitrogens with zero attached hydrogens (tertiary/aromatic N) is 4. The molecule has 19 heavy (non-hydrogen) atoms. The van der Waals surface area contributed by atoms with Gasteiger partial charge in [0.15, 0.2) is 11.0 Å². The van der Waals surface area contributed by atoms with Crippen molar-refractivity contribution in [2.24, 2.45) is 4.99 Å². The molecule has 3 heterocycles. The smallest absolute Gasteiger partial charge is 0.175 e. The Morgan fingerprint density at radius 1 is 1.42 bits per heavy atom. The molecule has 1 aromatic heterocycles. The summed E-state index contributed by atoms with van der Waals surface area (Å²) in [5, 5.41) is 10.0. The molecular weight excluding hydrogens is 264 g/mol. The van der Waals surface area contributed by atoms with Gasteiger partial charge in [-0.3, -0.25) is 0 Å². The van der Waals surface area contributed by atoms with Crippen molar-refractivity contribution in [2.75, 3.05) is 6.61 Å². The van der Waals surface area contributed by atoms with Crippen LogP contribution in [0, 0.1) is 6.92 Å². The number of thioether (sulfide) groups is 1. The lowest BCUT2D eigenvalue weighted by Crippen LogP contribution is -2.25. The number of aliphatic imine (C=N–C) groups is 1. The van der Waals surface area contributed by atoms with E-state index in [2.05, 4.69) is 26.8 Å². The summed E-state index contributed by atoms with van der Waals surface area (Å²) in [5.41, 5.74) is 2.23. The monoisotopic (exact) mass is 280 g/mol. The van der Waals surface area contributed by atoms with Crippen molar-refractivity contribution < 1.29 is 10.6 Å².